The summed E-state index contributed by atoms with van der Waals surface area (Å²) in [5.74, 6) is -0.260. The van der Waals surface area contributed by atoms with Gasteiger partial charge in [0.25, 0.3) is 5.91 Å². The second kappa shape index (κ2) is 6.59. The third kappa shape index (κ3) is 2.92. The summed E-state index contributed by atoms with van der Waals surface area (Å²) >= 11 is 0. The van der Waals surface area contributed by atoms with Gasteiger partial charge in [-0.3, -0.25) is 9.89 Å². The highest BCUT2D eigenvalue weighted by Crippen LogP contribution is 2.33. The first-order chi connectivity index (χ1) is 12.6. The maximum Gasteiger partial charge on any atom is 0.289 e. The predicted molar refractivity (Wildman–Crippen MR) is 102 cm³/mol. The van der Waals surface area contributed by atoms with Gasteiger partial charge in [0.2, 0.25) is 0 Å². The number of hydrazone groups is 1. The molecule has 1 amide bonds. The number of nitrogens with one attached hydrogen (secondary N) is 2. The Hall–Kier alpha value is -3.21. The molecule has 0 saturated carbocycles. The van der Waals surface area contributed by atoms with Crippen molar-refractivity contribution in [3.63, 3.8) is 0 Å². The Morgan fingerprint density at radius 2 is 1.88 bits per heavy atom. The molecule has 130 valence electrons. The molecule has 3 aromatic rings. The zero-order valence-electron chi connectivity index (χ0n) is 14.8. The van der Waals surface area contributed by atoms with Gasteiger partial charge >= 0.3 is 0 Å². The van der Waals surface area contributed by atoms with Crippen molar-refractivity contribution < 1.29 is 4.79 Å². The SMILES string of the molecule is C/C(=N\NC(=O)c1[nH]nc2c1CCc1ccccc1-2)c1ccc(C)cc1. The minimum Gasteiger partial charge on any atom is -0.272 e. The summed E-state index contributed by atoms with van der Waals surface area (Å²) in [6, 6.07) is 16.2. The Kier molecular flexibility index (Phi) is 4.13. The van der Waals surface area contributed by atoms with Crippen molar-refractivity contribution in [3.8, 4) is 11.3 Å². The van der Waals surface area contributed by atoms with E-state index in [0.717, 1.165) is 40.9 Å². The van der Waals surface area contributed by atoms with Gasteiger partial charge in [-0.2, -0.15) is 10.2 Å². The number of aromatic amines is 1. The molecule has 0 atom stereocenters. The van der Waals surface area contributed by atoms with Crippen molar-refractivity contribution in [1.82, 2.24) is 15.6 Å². The van der Waals surface area contributed by atoms with Crippen LogP contribution in [0.25, 0.3) is 11.3 Å². The van der Waals surface area contributed by atoms with Crippen LogP contribution in [0.1, 0.15) is 39.7 Å². The maximum atomic E-state index is 12.6. The summed E-state index contributed by atoms with van der Waals surface area (Å²) in [7, 11) is 0. The van der Waals surface area contributed by atoms with Gasteiger partial charge in [-0.1, -0.05) is 54.1 Å². The van der Waals surface area contributed by atoms with Crippen LogP contribution in [0.15, 0.2) is 53.6 Å². The number of carbonyl (C=O) groups is 1. The van der Waals surface area contributed by atoms with Gasteiger partial charge in [0.1, 0.15) is 5.69 Å². The third-order valence-electron chi connectivity index (χ3n) is 4.81. The lowest BCUT2D eigenvalue weighted by Crippen LogP contribution is -2.21. The Bertz CT molecular complexity index is 999. The second-order valence-corrected chi connectivity index (χ2v) is 6.59. The van der Waals surface area contributed by atoms with E-state index >= 15 is 0 Å². The Balaban J connectivity index is 1.56. The molecule has 1 aliphatic carbocycles. The molecule has 2 aromatic carbocycles. The third-order valence-corrected chi connectivity index (χ3v) is 4.81. The molecule has 1 aromatic heterocycles. The Morgan fingerprint density at radius 3 is 2.69 bits per heavy atom. The number of hydrogen-bond donors (Lipinski definition) is 2. The summed E-state index contributed by atoms with van der Waals surface area (Å²) < 4.78 is 0. The van der Waals surface area contributed by atoms with E-state index in [9.17, 15) is 4.79 Å². The predicted octanol–water partition coefficient (Wildman–Crippen LogP) is 3.64. The second-order valence-electron chi connectivity index (χ2n) is 6.59. The number of carbonyl (C=O) groups excluding carboxylic acids is 1. The van der Waals surface area contributed by atoms with Crippen LogP contribution in [-0.2, 0) is 12.8 Å². The van der Waals surface area contributed by atoms with Crippen LogP contribution in [-0.4, -0.2) is 21.8 Å². The van der Waals surface area contributed by atoms with E-state index in [1.165, 1.54) is 11.1 Å². The monoisotopic (exact) mass is 344 g/mol. The highest BCUT2D eigenvalue weighted by molar-refractivity contribution is 6.01. The van der Waals surface area contributed by atoms with Crippen LogP contribution in [0, 0.1) is 6.92 Å². The van der Waals surface area contributed by atoms with Crippen LogP contribution < -0.4 is 5.43 Å². The number of hydrogen-bond acceptors (Lipinski definition) is 3. The van der Waals surface area contributed by atoms with Gasteiger partial charge in [0.05, 0.1) is 11.4 Å². The summed E-state index contributed by atoms with van der Waals surface area (Å²) in [4.78, 5) is 12.6. The lowest BCUT2D eigenvalue weighted by atomic mass is 9.89. The molecular formula is C21H20N4O. The number of fused-ring (bicyclic) bond motifs is 3. The fourth-order valence-corrected chi connectivity index (χ4v) is 3.30. The average molecular weight is 344 g/mol. The number of benzene rings is 2. The molecule has 5 heteroatoms. The van der Waals surface area contributed by atoms with E-state index in [4.69, 9.17) is 0 Å². The minimum absolute atomic E-state index is 0.260. The lowest BCUT2D eigenvalue weighted by molar-refractivity contribution is 0.0949. The molecule has 26 heavy (non-hydrogen) atoms. The quantitative estimate of drug-likeness (QED) is 0.562. The Morgan fingerprint density at radius 1 is 1.12 bits per heavy atom. The summed E-state index contributed by atoms with van der Waals surface area (Å²) in [6.45, 7) is 3.92. The van der Waals surface area contributed by atoms with E-state index in [0.29, 0.717) is 5.69 Å². The molecule has 1 heterocycles. The minimum atomic E-state index is -0.260. The van der Waals surface area contributed by atoms with E-state index in [1.807, 2.05) is 50.2 Å². The van der Waals surface area contributed by atoms with E-state index in [-0.39, 0.29) is 5.91 Å². The fraction of sp³-hybridized carbons (Fsp3) is 0.190. The van der Waals surface area contributed by atoms with E-state index in [2.05, 4.69) is 32.9 Å². The van der Waals surface area contributed by atoms with Gasteiger partial charge in [0.15, 0.2) is 0 Å². The molecule has 1 aliphatic rings. The molecule has 0 saturated heterocycles. The first kappa shape index (κ1) is 16.3. The maximum absolute atomic E-state index is 12.6. The number of H-pyrrole nitrogens is 1. The van der Waals surface area contributed by atoms with Gasteiger partial charge in [-0.15, -0.1) is 0 Å². The zero-order chi connectivity index (χ0) is 18.1. The number of rotatable bonds is 3. The van der Waals surface area contributed by atoms with Crippen molar-refractivity contribution in [1.29, 1.82) is 0 Å². The van der Waals surface area contributed by atoms with Gasteiger partial charge < -0.3 is 0 Å². The molecule has 0 aliphatic heterocycles. The van der Waals surface area contributed by atoms with E-state index < -0.39 is 0 Å². The number of aryl methyl sites for hydroxylation is 2. The first-order valence-corrected chi connectivity index (χ1v) is 8.70. The average Bonchev–Trinajstić information content (AvgIpc) is 3.11. The van der Waals surface area contributed by atoms with Crippen LogP contribution in [0.2, 0.25) is 0 Å². The molecule has 5 nitrogen and oxygen atoms in total. The molecule has 0 bridgehead atoms. The highest BCUT2D eigenvalue weighted by Gasteiger charge is 2.24. The van der Waals surface area contributed by atoms with Crippen molar-refractivity contribution in [3.05, 3.63) is 76.5 Å². The van der Waals surface area contributed by atoms with Gasteiger partial charge in [0, 0.05) is 11.1 Å². The van der Waals surface area contributed by atoms with E-state index in [1.54, 1.807) is 0 Å². The summed E-state index contributed by atoms with van der Waals surface area (Å²) in [5.41, 5.74) is 10.3. The molecule has 0 fully saturated rings. The smallest absolute Gasteiger partial charge is 0.272 e. The van der Waals surface area contributed by atoms with Gasteiger partial charge in [-0.25, -0.2) is 5.43 Å². The normalized spacial score (nSPS) is 13.1. The van der Waals surface area contributed by atoms with Crippen molar-refractivity contribution >= 4 is 11.6 Å². The summed E-state index contributed by atoms with van der Waals surface area (Å²) in [5, 5.41) is 11.5. The molecule has 0 radical (unpaired) electrons. The van der Waals surface area contributed by atoms with Crippen LogP contribution in [0.3, 0.4) is 0 Å². The van der Waals surface area contributed by atoms with Crippen molar-refractivity contribution in [2.45, 2.75) is 26.7 Å². The summed E-state index contributed by atoms with van der Waals surface area (Å²) in [6.07, 6.45) is 1.71. The molecule has 2 N–H and O–H groups in total. The fourth-order valence-electron chi connectivity index (χ4n) is 3.30. The van der Waals surface area contributed by atoms with Crippen LogP contribution in [0.5, 0.6) is 0 Å². The molecule has 0 unspecified atom stereocenters. The van der Waals surface area contributed by atoms with Crippen LogP contribution in [0.4, 0.5) is 0 Å². The molecular weight excluding hydrogens is 324 g/mol. The highest BCUT2D eigenvalue weighted by atomic mass is 16.2. The lowest BCUT2D eigenvalue weighted by Gasteiger charge is -2.15. The molecule has 0 spiro atoms. The van der Waals surface area contributed by atoms with Gasteiger partial charge in [-0.05, 0) is 37.8 Å². The number of nitrogens with zero attached hydrogens (tertiary/aromatic N) is 2. The topological polar surface area (TPSA) is 70.1 Å². The number of amides is 1. The Labute approximate surface area is 152 Å². The first-order valence-electron chi connectivity index (χ1n) is 8.70. The zero-order valence-corrected chi connectivity index (χ0v) is 14.8. The standard InChI is InChI=1S/C21H20N4O/c1-13-7-9-15(10-8-13)14(2)22-25-21(26)20-18-12-11-16-5-3-4-6-17(16)19(18)23-24-20/h3-10H,11-12H2,1-2H3,(H,23,24)(H,25,26)/b22-14+. The van der Waals surface area contributed by atoms with Crippen LogP contribution >= 0.6 is 0 Å². The number of aromatic nitrogens is 2. The molecule has 4 rings (SSSR count). The largest absolute Gasteiger partial charge is 0.289 e. The van der Waals surface area contributed by atoms with Crippen molar-refractivity contribution in [2.24, 2.45) is 5.10 Å². The van der Waals surface area contributed by atoms with Crippen molar-refractivity contribution in [2.75, 3.05) is 0 Å².